The Labute approximate surface area is 156 Å². The number of amides is 2. The summed E-state index contributed by atoms with van der Waals surface area (Å²) in [5.74, 6) is -0.956. The first-order chi connectivity index (χ1) is 12.8. The van der Waals surface area contributed by atoms with Crippen molar-refractivity contribution >= 4 is 34.6 Å². The lowest BCUT2D eigenvalue weighted by molar-refractivity contribution is -0.121. The van der Waals surface area contributed by atoms with Crippen molar-refractivity contribution in [2.24, 2.45) is 5.92 Å². The molecule has 1 saturated carbocycles. The number of carboxylic acids is 1. The predicted octanol–water partition coefficient (Wildman–Crippen LogP) is 3.53. The Morgan fingerprint density at radius 1 is 1.30 bits per heavy atom. The highest BCUT2D eigenvalue weighted by atomic mass is 16.6. The SMILES string of the molecule is CCOC(=O)N1C(=O)C(C)(C)c2ccc3cc(C(=O)O)n(CC4CC4)c3c21. The van der Waals surface area contributed by atoms with Crippen molar-refractivity contribution in [3.05, 3.63) is 29.5 Å². The monoisotopic (exact) mass is 370 g/mol. The minimum absolute atomic E-state index is 0.151. The molecule has 0 atom stereocenters. The summed E-state index contributed by atoms with van der Waals surface area (Å²) in [5, 5.41) is 10.4. The summed E-state index contributed by atoms with van der Waals surface area (Å²) in [5.41, 5.74) is 1.05. The highest BCUT2D eigenvalue weighted by Gasteiger charge is 2.49. The number of aromatic carboxylic acids is 1. The lowest BCUT2D eigenvalue weighted by Gasteiger charge is -2.18. The van der Waals surface area contributed by atoms with Crippen LogP contribution in [-0.4, -0.2) is 34.3 Å². The molecule has 1 aromatic carbocycles. The number of anilines is 1. The smallest absolute Gasteiger partial charge is 0.421 e. The number of carbonyl (C=O) groups excluding carboxylic acids is 2. The molecule has 27 heavy (non-hydrogen) atoms. The number of nitrogens with zero attached hydrogens (tertiary/aromatic N) is 2. The number of rotatable bonds is 4. The number of carboxylic acid groups (broad SMARTS) is 1. The number of carbonyl (C=O) groups is 3. The summed E-state index contributed by atoms with van der Waals surface area (Å²) in [6.45, 7) is 5.94. The summed E-state index contributed by atoms with van der Waals surface area (Å²) >= 11 is 0. The fraction of sp³-hybridized carbons (Fsp3) is 0.450. The highest BCUT2D eigenvalue weighted by Crippen LogP contribution is 2.47. The van der Waals surface area contributed by atoms with E-state index in [0.717, 1.165) is 17.7 Å². The molecule has 2 amide bonds. The van der Waals surface area contributed by atoms with E-state index in [-0.39, 0.29) is 18.2 Å². The fourth-order valence-corrected chi connectivity index (χ4v) is 3.86. The molecule has 1 fully saturated rings. The largest absolute Gasteiger partial charge is 0.477 e. The maximum absolute atomic E-state index is 13.0. The zero-order valence-corrected chi connectivity index (χ0v) is 15.6. The van der Waals surface area contributed by atoms with Crippen molar-refractivity contribution in [1.82, 2.24) is 4.57 Å². The van der Waals surface area contributed by atoms with Crippen molar-refractivity contribution in [3.8, 4) is 0 Å². The van der Waals surface area contributed by atoms with E-state index < -0.39 is 17.5 Å². The molecular weight excluding hydrogens is 348 g/mol. The standard InChI is InChI=1S/C20H22N2O5/c1-4-27-19(26)22-16-13(20(2,3)18(22)25)8-7-12-9-14(17(23)24)21(15(12)16)10-11-5-6-11/h7-9,11H,4-6,10H2,1-3H3,(H,23,24). The molecule has 0 radical (unpaired) electrons. The molecule has 7 heteroatoms. The number of imide groups is 1. The molecule has 0 saturated heterocycles. The molecule has 142 valence electrons. The van der Waals surface area contributed by atoms with Gasteiger partial charge in [-0.2, -0.15) is 0 Å². The first kappa shape index (κ1) is 17.6. The molecular formula is C20H22N2O5. The van der Waals surface area contributed by atoms with Crippen molar-refractivity contribution in [1.29, 1.82) is 0 Å². The van der Waals surface area contributed by atoms with Crippen LogP contribution in [0.2, 0.25) is 0 Å². The zero-order chi connectivity index (χ0) is 19.5. The van der Waals surface area contributed by atoms with Crippen molar-refractivity contribution in [2.75, 3.05) is 11.5 Å². The van der Waals surface area contributed by atoms with E-state index in [1.54, 1.807) is 31.4 Å². The Hall–Kier alpha value is -2.83. The van der Waals surface area contributed by atoms with Gasteiger partial charge < -0.3 is 14.4 Å². The third-order valence-electron chi connectivity index (χ3n) is 5.48. The van der Waals surface area contributed by atoms with Gasteiger partial charge >= 0.3 is 12.1 Å². The van der Waals surface area contributed by atoms with Crippen LogP contribution in [0.15, 0.2) is 18.2 Å². The van der Waals surface area contributed by atoms with Crippen LogP contribution in [0, 0.1) is 5.92 Å². The van der Waals surface area contributed by atoms with Gasteiger partial charge in [0.15, 0.2) is 0 Å². The number of fused-ring (bicyclic) bond motifs is 3. The molecule has 4 rings (SSSR count). The van der Waals surface area contributed by atoms with E-state index in [4.69, 9.17) is 4.74 Å². The molecule has 1 aromatic heterocycles. The number of hydrogen-bond acceptors (Lipinski definition) is 4. The quantitative estimate of drug-likeness (QED) is 0.889. The van der Waals surface area contributed by atoms with Gasteiger partial charge in [-0.05, 0) is 51.2 Å². The Morgan fingerprint density at radius 3 is 2.59 bits per heavy atom. The molecule has 1 aliphatic heterocycles. The van der Waals surface area contributed by atoms with Crippen molar-refractivity contribution in [3.63, 3.8) is 0 Å². The van der Waals surface area contributed by atoms with Gasteiger partial charge in [0.1, 0.15) is 5.69 Å². The van der Waals surface area contributed by atoms with Gasteiger partial charge in [-0.1, -0.05) is 12.1 Å². The summed E-state index contributed by atoms with van der Waals surface area (Å²) < 4.78 is 6.87. The van der Waals surface area contributed by atoms with Gasteiger partial charge in [0, 0.05) is 11.9 Å². The second-order valence-corrected chi connectivity index (χ2v) is 7.75. The Morgan fingerprint density at radius 2 is 2.00 bits per heavy atom. The topological polar surface area (TPSA) is 88.8 Å². The molecule has 1 aliphatic carbocycles. The average molecular weight is 370 g/mol. The molecule has 1 N–H and O–H groups in total. The van der Waals surface area contributed by atoms with Crippen LogP contribution in [0.4, 0.5) is 10.5 Å². The van der Waals surface area contributed by atoms with E-state index in [1.165, 1.54) is 0 Å². The number of aromatic nitrogens is 1. The van der Waals surface area contributed by atoms with Crippen LogP contribution in [0.5, 0.6) is 0 Å². The molecule has 2 aliphatic rings. The van der Waals surface area contributed by atoms with Crippen LogP contribution >= 0.6 is 0 Å². The Bertz CT molecular complexity index is 984. The van der Waals surface area contributed by atoms with E-state index in [9.17, 15) is 19.5 Å². The summed E-state index contributed by atoms with van der Waals surface area (Å²) in [6.07, 6.45) is 1.39. The van der Waals surface area contributed by atoms with Gasteiger partial charge in [-0.25, -0.2) is 14.5 Å². The molecule has 2 aromatic rings. The van der Waals surface area contributed by atoms with Gasteiger partial charge in [-0.15, -0.1) is 0 Å². The van der Waals surface area contributed by atoms with Gasteiger partial charge in [-0.3, -0.25) is 4.79 Å². The number of benzene rings is 1. The summed E-state index contributed by atoms with van der Waals surface area (Å²) in [7, 11) is 0. The molecule has 7 nitrogen and oxygen atoms in total. The third-order valence-corrected chi connectivity index (χ3v) is 5.48. The predicted molar refractivity (Wildman–Crippen MR) is 99.2 cm³/mol. The van der Waals surface area contributed by atoms with E-state index in [1.807, 2.05) is 12.1 Å². The highest BCUT2D eigenvalue weighted by molar-refractivity contribution is 6.25. The van der Waals surface area contributed by atoms with Crippen molar-refractivity contribution in [2.45, 2.75) is 45.6 Å². The molecule has 0 unspecified atom stereocenters. The van der Waals surface area contributed by atoms with Gasteiger partial charge in [0.25, 0.3) is 0 Å². The third kappa shape index (κ3) is 2.52. The van der Waals surface area contributed by atoms with Gasteiger partial charge in [0.2, 0.25) is 5.91 Å². The molecule has 0 spiro atoms. The normalized spacial score (nSPS) is 18.0. The first-order valence-corrected chi connectivity index (χ1v) is 9.18. The van der Waals surface area contributed by atoms with E-state index in [0.29, 0.717) is 34.6 Å². The van der Waals surface area contributed by atoms with Crippen LogP contribution < -0.4 is 4.90 Å². The summed E-state index contributed by atoms with van der Waals surface area (Å²) in [6, 6.07) is 5.25. The van der Waals surface area contributed by atoms with Crippen LogP contribution in [0.1, 0.15) is 49.7 Å². The number of hydrogen-bond donors (Lipinski definition) is 1. The molecule has 0 bridgehead atoms. The maximum Gasteiger partial charge on any atom is 0.421 e. The molecule has 2 heterocycles. The van der Waals surface area contributed by atoms with E-state index in [2.05, 4.69) is 0 Å². The van der Waals surface area contributed by atoms with Gasteiger partial charge in [0.05, 0.1) is 23.2 Å². The van der Waals surface area contributed by atoms with Crippen LogP contribution in [-0.2, 0) is 21.5 Å². The summed E-state index contributed by atoms with van der Waals surface area (Å²) in [4.78, 5) is 38.5. The lowest BCUT2D eigenvalue weighted by atomic mass is 9.86. The fourth-order valence-electron chi connectivity index (χ4n) is 3.86. The zero-order valence-electron chi connectivity index (χ0n) is 15.6. The maximum atomic E-state index is 13.0. The van der Waals surface area contributed by atoms with E-state index >= 15 is 0 Å². The average Bonchev–Trinajstić information content (AvgIpc) is 3.30. The van der Waals surface area contributed by atoms with Crippen LogP contribution in [0.3, 0.4) is 0 Å². The lowest BCUT2D eigenvalue weighted by Crippen LogP contribution is -2.40. The second kappa shape index (κ2) is 5.84. The van der Waals surface area contributed by atoms with Crippen molar-refractivity contribution < 1.29 is 24.2 Å². The Balaban J connectivity index is 2.02. The first-order valence-electron chi connectivity index (χ1n) is 9.18. The number of ether oxygens (including phenoxy) is 1. The minimum atomic E-state index is -1.02. The van der Waals surface area contributed by atoms with Crippen LogP contribution in [0.25, 0.3) is 10.9 Å². The second-order valence-electron chi connectivity index (χ2n) is 7.75. The minimum Gasteiger partial charge on any atom is -0.477 e. The Kier molecular flexibility index (Phi) is 3.80.